The molecule has 5 nitrogen and oxygen atoms in total. The molecule has 1 N–H and O–H groups in total. The summed E-state index contributed by atoms with van der Waals surface area (Å²) in [5, 5.41) is 5.03. The molecule has 0 aliphatic rings. The SMILES string of the molecule is CCCCNC(=O)C(C)N(Cc1ccccc1)C(=O)COc1ccc2ccccc2c1Br. The number of unbranched alkanes of at least 4 members (excludes halogenated alkanes) is 1. The van der Waals surface area contributed by atoms with Gasteiger partial charge < -0.3 is 15.0 Å². The summed E-state index contributed by atoms with van der Waals surface area (Å²) < 4.78 is 6.69. The van der Waals surface area contributed by atoms with Crippen LogP contribution in [0.2, 0.25) is 0 Å². The summed E-state index contributed by atoms with van der Waals surface area (Å²) in [7, 11) is 0. The van der Waals surface area contributed by atoms with Crippen LogP contribution in [0.4, 0.5) is 0 Å². The van der Waals surface area contributed by atoms with E-state index in [0.29, 0.717) is 18.8 Å². The van der Waals surface area contributed by atoms with E-state index < -0.39 is 6.04 Å². The summed E-state index contributed by atoms with van der Waals surface area (Å²) in [5.41, 5.74) is 0.959. The highest BCUT2D eigenvalue weighted by atomic mass is 79.9. The molecule has 168 valence electrons. The van der Waals surface area contributed by atoms with Crippen LogP contribution in [0.5, 0.6) is 5.75 Å². The number of ether oxygens (including phenoxy) is 1. The van der Waals surface area contributed by atoms with Crippen molar-refractivity contribution in [3.8, 4) is 5.75 Å². The second kappa shape index (κ2) is 11.7. The van der Waals surface area contributed by atoms with Gasteiger partial charge in [-0.3, -0.25) is 9.59 Å². The van der Waals surface area contributed by atoms with Crippen molar-refractivity contribution in [2.24, 2.45) is 0 Å². The van der Waals surface area contributed by atoms with Gasteiger partial charge in [-0.2, -0.15) is 0 Å². The molecule has 0 fully saturated rings. The molecule has 32 heavy (non-hydrogen) atoms. The Morgan fingerprint density at radius 2 is 1.75 bits per heavy atom. The molecule has 0 aromatic heterocycles. The first kappa shape index (κ1) is 23.8. The fourth-order valence-electron chi connectivity index (χ4n) is 3.45. The Balaban J connectivity index is 1.74. The van der Waals surface area contributed by atoms with Crippen LogP contribution in [-0.2, 0) is 16.1 Å². The molecule has 0 spiro atoms. The molecular formula is C26H29BrN2O3. The van der Waals surface area contributed by atoms with E-state index in [0.717, 1.165) is 33.7 Å². The summed E-state index contributed by atoms with van der Waals surface area (Å²) in [6.45, 7) is 4.62. The third kappa shape index (κ3) is 6.10. The molecule has 0 heterocycles. The number of hydrogen-bond acceptors (Lipinski definition) is 3. The zero-order valence-electron chi connectivity index (χ0n) is 18.5. The van der Waals surface area contributed by atoms with Crippen molar-refractivity contribution in [1.29, 1.82) is 0 Å². The van der Waals surface area contributed by atoms with Crippen LogP contribution in [0.1, 0.15) is 32.3 Å². The van der Waals surface area contributed by atoms with E-state index in [1.54, 1.807) is 11.8 Å². The molecule has 0 aliphatic carbocycles. The Morgan fingerprint density at radius 1 is 1.03 bits per heavy atom. The third-order valence-corrected chi connectivity index (χ3v) is 6.19. The van der Waals surface area contributed by atoms with Crippen LogP contribution in [0, 0.1) is 0 Å². The second-order valence-corrected chi connectivity index (χ2v) is 8.51. The maximum absolute atomic E-state index is 13.2. The zero-order chi connectivity index (χ0) is 22.9. The van der Waals surface area contributed by atoms with E-state index in [-0.39, 0.29) is 18.4 Å². The van der Waals surface area contributed by atoms with Gasteiger partial charge in [-0.1, -0.05) is 74.0 Å². The fourth-order valence-corrected chi connectivity index (χ4v) is 4.05. The van der Waals surface area contributed by atoms with Crippen molar-refractivity contribution in [3.63, 3.8) is 0 Å². The number of nitrogens with one attached hydrogen (secondary N) is 1. The summed E-state index contributed by atoms with van der Waals surface area (Å²) in [6, 6.07) is 20.8. The van der Waals surface area contributed by atoms with Gasteiger partial charge in [0.05, 0.1) is 4.47 Å². The van der Waals surface area contributed by atoms with Gasteiger partial charge in [0.15, 0.2) is 6.61 Å². The average molecular weight is 497 g/mol. The smallest absolute Gasteiger partial charge is 0.261 e. The van der Waals surface area contributed by atoms with Gasteiger partial charge in [0.1, 0.15) is 11.8 Å². The Morgan fingerprint density at radius 3 is 2.50 bits per heavy atom. The third-order valence-electron chi connectivity index (χ3n) is 5.37. The van der Waals surface area contributed by atoms with Gasteiger partial charge in [-0.15, -0.1) is 0 Å². The Bertz CT molecular complexity index is 1060. The number of carbonyl (C=O) groups is 2. The fraction of sp³-hybridized carbons (Fsp3) is 0.308. The highest BCUT2D eigenvalue weighted by molar-refractivity contribution is 9.10. The average Bonchev–Trinajstić information content (AvgIpc) is 2.82. The highest BCUT2D eigenvalue weighted by Crippen LogP contribution is 2.33. The Hall–Kier alpha value is -2.86. The Kier molecular flexibility index (Phi) is 8.68. The predicted molar refractivity (Wildman–Crippen MR) is 132 cm³/mol. The number of nitrogens with zero attached hydrogens (tertiary/aromatic N) is 1. The molecule has 0 radical (unpaired) electrons. The minimum atomic E-state index is -0.608. The maximum atomic E-state index is 13.2. The highest BCUT2D eigenvalue weighted by Gasteiger charge is 2.26. The van der Waals surface area contributed by atoms with E-state index in [1.165, 1.54) is 0 Å². The molecule has 1 unspecified atom stereocenters. The van der Waals surface area contributed by atoms with Gasteiger partial charge in [-0.25, -0.2) is 0 Å². The Labute approximate surface area is 197 Å². The normalized spacial score (nSPS) is 11.7. The van der Waals surface area contributed by atoms with Gasteiger partial charge in [-0.05, 0) is 51.7 Å². The van der Waals surface area contributed by atoms with Crippen LogP contribution < -0.4 is 10.1 Å². The van der Waals surface area contributed by atoms with Crippen molar-refractivity contribution < 1.29 is 14.3 Å². The lowest BCUT2D eigenvalue weighted by Gasteiger charge is -2.29. The molecule has 0 saturated heterocycles. The monoisotopic (exact) mass is 496 g/mol. The number of halogens is 1. The van der Waals surface area contributed by atoms with Crippen LogP contribution in [0.3, 0.4) is 0 Å². The largest absolute Gasteiger partial charge is 0.483 e. The van der Waals surface area contributed by atoms with E-state index in [9.17, 15) is 9.59 Å². The molecule has 6 heteroatoms. The maximum Gasteiger partial charge on any atom is 0.261 e. The van der Waals surface area contributed by atoms with Gasteiger partial charge >= 0.3 is 0 Å². The summed E-state index contributed by atoms with van der Waals surface area (Å²) in [6.07, 6.45) is 1.90. The number of fused-ring (bicyclic) bond motifs is 1. The minimum absolute atomic E-state index is 0.156. The van der Waals surface area contributed by atoms with E-state index in [1.807, 2.05) is 66.7 Å². The number of amides is 2. The van der Waals surface area contributed by atoms with Crippen LogP contribution in [0.15, 0.2) is 71.2 Å². The summed E-state index contributed by atoms with van der Waals surface area (Å²) in [4.78, 5) is 27.4. The zero-order valence-corrected chi connectivity index (χ0v) is 20.1. The number of benzene rings is 3. The number of rotatable bonds is 10. The quantitative estimate of drug-likeness (QED) is 0.386. The standard InChI is InChI=1S/C26H29BrN2O3/c1-3-4-16-28-26(31)19(2)29(17-20-10-6-5-7-11-20)24(30)18-32-23-15-14-21-12-8-9-13-22(21)25(23)27/h5-15,19H,3-4,16-18H2,1-2H3,(H,28,31). The molecule has 2 amide bonds. The molecule has 0 saturated carbocycles. The van der Waals surface area contributed by atoms with Gasteiger partial charge in [0, 0.05) is 13.1 Å². The first-order chi connectivity index (χ1) is 15.5. The first-order valence-electron chi connectivity index (χ1n) is 10.9. The van der Waals surface area contributed by atoms with E-state index in [4.69, 9.17) is 4.74 Å². The lowest BCUT2D eigenvalue weighted by atomic mass is 10.1. The number of carbonyl (C=O) groups excluding carboxylic acids is 2. The van der Waals surface area contributed by atoms with E-state index in [2.05, 4.69) is 28.2 Å². The molecule has 3 rings (SSSR count). The topological polar surface area (TPSA) is 58.6 Å². The lowest BCUT2D eigenvalue weighted by Crippen LogP contribution is -2.49. The predicted octanol–water partition coefficient (Wildman–Crippen LogP) is 5.31. The molecule has 1 atom stereocenters. The lowest BCUT2D eigenvalue weighted by molar-refractivity contribution is -0.142. The van der Waals surface area contributed by atoms with Crippen molar-refractivity contribution in [2.45, 2.75) is 39.3 Å². The molecule has 3 aromatic rings. The van der Waals surface area contributed by atoms with Crippen molar-refractivity contribution in [2.75, 3.05) is 13.2 Å². The summed E-state index contributed by atoms with van der Waals surface area (Å²) >= 11 is 3.60. The van der Waals surface area contributed by atoms with Gasteiger partial charge in [0.2, 0.25) is 5.91 Å². The molecule has 0 aliphatic heterocycles. The van der Waals surface area contributed by atoms with Crippen LogP contribution >= 0.6 is 15.9 Å². The molecule has 0 bridgehead atoms. The van der Waals surface area contributed by atoms with Crippen molar-refractivity contribution in [1.82, 2.24) is 10.2 Å². The van der Waals surface area contributed by atoms with Crippen LogP contribution in [-0.4, -0.2) is 35.9 Å². The van der Waals surface area contributed by atoms with E-state index >= 15 is 0 Å². The minimum Gasteiger partial charge on any atom is -0.483 e. The molecular weight excluding hydrogens is 468 g/mol. The van der Waals surface area contributed by atoms with Crippen molar-refractivity contribution in [3.05, 3.63) is 76.8 Å². The van der Waals surface area contributed by atoms with Crippen molar-refractivity contribution >= 4 is 38.5 Å². The summed E-state index contributed by atoms with van der Waals surface area (Å²) in [5.74, 6) is 0.193. The number of hydrogen-bond donors (Lipinski definition) is 1. The van der Waals surface area contributed by atoms with Gasteiger partial charge in [0.25, 0.3) is 5.91 Å². The first-order valence-corrected chi connectivity index (χ1v) is 11.7. The second-order valence-electron chi connectivity index (χ2n) is 7.72. The molecule has 3 aromatic carbocycles. The van der Waals surface area contributed by atoms with Crippen LogP contribution in [0.25, 0.3) is 10.8 Å².